The molecule has 0 aliphatic rings. The SMILES string of the molecule is CC(C)(C)OC(=O)c1ccccc1CCCCO. The molecule has 3 nitrogen and oxygen atoms in total. The number of carbonyl (C=O) groups excluding carboxylic acids is 1. The van der Waals surface area contributed by atoms with Gasteiger partial charge in [0.25, 0.3) is 0 Å². The summed E-state index contributed by atoms with van der Waals surface area (Å²) in [6.45, 7) is 5.77. The highest BCUT2D eigenvalue weighted by Gasteiger charge is 2.19. The van der Waals surface area contributed by atoms with Gasteiger partial charge >= 0.3 is 5.97 Å². The van der Waals surface area contributed by atoms with Crippen LogP contribution in [-0.2, 0) is 11.2 Å². The molecule has 0 atom stereocenters. The first kappa shape index (κ1) is 14.7. The first-order chi connectivity index (χ1) is 8.44. The highest BCUT2D eigenvalue weighted by Crippen LogP contribution is 2.17. The van der Waals surface area contributed by atoms with Gasteiger partial charge in [-0.1, -0.05) is 18.2 Å². The van der Waals surface area contributed by atoms with E-state index in [0.717, 1.165) is 24.8 Å². The lowest BCUT2D eigenvalue weighted by molar-refractivity contribution is 0.00683. The van der Waals surface area contributed by atoms with E-state index in [4.69, 9.17) is 9.84 Å². The van der Waals surface area contributed by atoms with Crippen molar-refractivity contribution in [2.45, 2.75) is 45.6 Å². The van der Waals surface area contributed by atoms with E-state index >= 15 is 0 Å². The lowest BCUT2D eigenvalue weighted by atomic mass is 10.0. The summed E-state index contributed by atoms with van der Waals surface area (Å²) in [6, 6.07) is 7.50. The lowest BCUT2D eigenvalue weighted by Crippen LogP contribution is -2.24. The van der Waals surface area contributed by atoms with Gasteiger partial charge in [-0.3, -0.25) is 0 Å². The first-order valence-electron chi connectivity index (χ1n) is 6.36. The lowest BCUT2D eigenvalue weighted by Gasteiger charge is -2.20. The van der Waals surface area contributed by atoms with E-state index in [1.54, 1.807) is 6.07 Å². The number of hydrogen-bond acceptors (Lipinski definition) is 3. The molecule has 0 amide bonds. The quantitative estimate of drug-likeness (QED) is 0.645. The molecular formula is C15H22O3. The van der Waals surface area contributed by atoms with Crippen LogP contribution in [0.5, 0.6) is 0 Å². The average molecular weight is 250 g/mol. The van der Waals surface area contributed by atoms with Crippen LogP contribution in [0.25, 0.3) is 0 Å². The number of rotatable bonds is 5. The Hall–Kier alpha value is -1.35. The molecule has 0 radical (unpaired) electrons. The summed E-state index contributed by atoms with van der Waals surface area (Å²) < 4.78 is 5.38. The largest absolute Gasteiger partial charge is 0.456 e. The van der Waals surface area contributed by atoms with Crippen LogP contribution in [-0.4, -0.2) is 23.3 Å². The fourth-order valence-electron chi connectivity index (χ4n) is 1.70. The fourth-order valence-corrected chi connectivity index (χ4v) is 1.70. The maximum atomic E-state index is 12.0. The van der Waals surface area contributed by atoms with E-state index in [2.05, 4.69) is 0 Å². The molecule has 0 unspecified atom stereocenters. The molecule has 1 aromatic carbocycles. The minimum atomic E-state index is -0.477. The molecule has 3 heteroatoms. The van der Waals surface area contributed by atoms with E-state index in [9.17, 15) is 4.79 Å². The second kappa shape index (κ2) is 6.55. The van der Waals surface area contributed by atoms with Crippen LogP contribution in [0.3, 0.4) is 0 Å². The van der Waals surface area contributed by atoms with Crippen LogP contribution >= 0.6 is 0 Å². The normalized spacial score (nSPS) is 11.3. The molecule has 0 aliphatic carbocycles. The Morgan fingerprint density at radius 2 is 1.89 bits per heavy atom. The standard InChI is InChI=1S/C15H22O3/c1-15(2,3)18-14(17)13-10-5-4-8-12(13)9-6-7-11-16/h4-5,8,10,16H,6-7,9,11H2,1-3H3. The van der Waals surface area contributed by atoms with Gasteiger partial charge in [0, 0.05) is 6.61 Å². The Balaban J connectivity index is 2.78. The summed E-state index contributed by atoms with van der Waals surface area (Å²) in [7, 11) is 0. The van der Waals surface area contributed by atoms with E-state index in [1.807, 2.05) is 39.0 Å². The predicted molar refractivity (Wildman–Crippen MR) is 71.6 cm³/mol. The molecule has 0 spiro atoms. The number of aliphatic hydroxyl groups is 1. The van der Waals surface area contributed by atoms with Crippen molar-refractivity contribution in [2.24, 2.45) is 0 Å². The van der Waals surface area contributed by atoms with Crippen molar-refractivity contribution >= 4 is 5.97 Å². The molecule has 0 heterocycles. The Morgan fingerprint density at radius 3 is 2.50 bits per heavy atom. The second-order valence-corrected chi connectivity index (χ2v) is 5.34. The number of esters is 1. The summed E-state index contributed by atoms with van der Waals surface area (Å²) in [5, 5.41) is 8.78. The van der Waals surface area contributed by atoms with Gasteiger partial charge in [0.1, 0.15) is 5.60 Å². The van der Waals surface area contributed by atoms with Crippen molar-refractivity contribution in [2.75, 3.05) is 6.61 Å². The van der Waals surface area contributed by atoms with Crippen LogP contribution in [0.2, 0.25) is 0 Å². The zero-order valence-electron chi connectivity index (χ0n) is 11.4. The first-order valence-corrected chi connectivity index (χ1v) is 6.36. The van der Waals surface area contributed by atoms with Crippen LogP contribution in [0, 0.1) is 0 Å². The van der Waals surface area contributed by atoms with Crippen molar-refractivity contribution in [3.63, 3.8) is 0 Å². The van der Waals surface area contributed by atoms with E-state index in [0.29, 0.717) is 5.56 Å². The van der Waals surface area contributed by atoms with Gasteiger partial charge in [0.2, 0.25) is 0 Å². The predicted octanol–water partition coefficient (Wildman–Crippen LogP) is 2.96. The zero-order chi connectivity index (χ0) is 13.6. The molecule has 0 bridgehead atoms. The summed E-state index contributed by atoms with van der Waals surface area (Å²) in [5.41, 5.74) is 1.14. The van der Waals surface area contributed by atoms with E-state index in [-0.39, 0.29) is 12.6 Å². The van der Waals surface area contributed by atoms with Crippen LogP contribution < -0.4 is 0 Å². The zero-order valence-corrected chi connectivity index (χ0v) is 11.4. The number of unbranched alkanes of at least 4 members (excludes halogenated alkanes) is 1. The molecule has 0 aromatic heterocycles. The van der Waals surface area contributed by atoms with Gasteiger partial charge in [-0.15, -0.1) is 0 Å². The van der Waals surface area contributed by atoms with Gasteiger partial charge in [-0.05, 0) is 51.7 Å². The smallest absolute Gasteiger partial charge is 0.338 e. The number of benzene rings is 1. The van der Waals surface area contributed by atoms with Crippen LogP contribution in [0.1, 0.15) is 49.5 Å². The van der Waals surface area contributed by atoms with Gasteiger partial charge in [-0.25, -0.2) is 4.79 Å². The molecular weight excluding hydrogens is 228 g/mol. The fraction of sp³-hybridized carbons (Fsp3) is 0.533. The number of aliphatic hydroxyl groups excluding tert-OH is 1. The van der Waals surface area contributed by atoms with Crippen molar-refractivity contribution < 1.29 is 14.6 Å². The van der Waals surface area contributed by atoms with Crippen LogP contribution in [0.15, 0.2) is 24.3 Å². The van der Waals surface area contributed by atoms with Crippen molar-refractivity contribution in [3.05, 3.63) is 35.4 Å². The van der Waals surface area contributed by atoms with Gasteiger partial charge < -0.3 is 9.84 Å². The Morgan fingerprint density at radius 1 is 1.22 bits per heavy atom. The van der Waals surface area contributed by atoms with Crippen LogP contribution in [0.4, 0.5) is 0 Å². The topological polar surface area (TPSA) is 46.5 Å². The van der Waals surface area contributed by atoms with Crippen molar-refractivity contribution in [1.82, 2.24) is 0 Å². The third kappa shape index (κ3) is 4.88. The number of ether oxygens (including phenoxy) is 1. The Bertz CT molecular complexity index is 391. The molecule has 0 fully saturated rings. The molecule has 100 valence electrons. The summed E-state index contributed by atoms with van der Waals surface area (Å²) >= 11 is 0. The van der Waals surface area contributed by atoms with Crippen molar-refractivity contribution in [3.8, 4) is 0 Å². The monoisotopic (exact) mass is 250 g/mol. The molecule has 0 saturated heterocycles. The van der Waals surface area contributed by atoms with Gasteiger partial charge in [0.05, 0.1) is 5.56 Å². The van der Waals surface area contributed by atoms with E-state index in [1.165, 1.54) is 0 Å². The molecule has 0 aliphatic heterocycles. The molecule has 1 rings (SSSR count). The molecule has 18 heavy (non-hydrogen) atoms. The third-order valence-corrected chi connectivity index (χ3v) is 2.49. The minimum absolute atomic E-state index is 0.189. The third-order valence-electron chi connectivity index (χ3n) is 2.49. The second-order valence-electron chi connectivity index (χ2n) is 5.34. The van der Waals surface area contributed by atoms with Crippen molar-refractivity contribution in [1.29, 1.82) is 0 Å². The highest BCUT2D eigenvalue weighted by molar-refractivity contribution is 5.91. The minimum Gasteiger partial charge on any atom is -0.456 e. The number of hydrogen-bond donors (Lipinski definition) is 1. The average Bonchev–Trinajstić information content (AvgIpc) is 2.27. The maximum absolute atomic E-state index is 12.0. The summed E-state index contributed by atoms with van der Waals surface area (Å²) in [5.74, 6) is -0.276. The highest BCUT2D eigenvalue weighted by atomic mass is 16.6. The molecule has 1 aromatic rings. The van der Waals surface area contributed by atoms with Gasteiger partial charge in [0.15, 0.2) is 0 Å². The van der Waals surface area contributed by atoms with E-state index < -0.39 is 5.60 Å². The molecule has 0 saturated carbocycles. The van der Waals surface area contributed by atoms with Gasteiger partial charge in [-0.2, -0.15) is 0 Å². The summed E-state index contributed by atoms with van der Waals surface area (Å²) in [6.07, 6.45) is 2.41. The number of aryl methyl sites for hydroxylation is 1. The summed E-state index contributed by atoms with van der Waals surface area (Å²) in [4.78, 5) is 12.0. The Labute approximate surface area is 109 Å². The maximum Gasteiger partial charge on any atom is 0.338 e. The Kier molecular flexibility index (Phi) is 5.35. The molecule has 1 N–H and O–H groups in total. The number of carbonyl (C=O) groups is 1.